The van der Waals surface area contributed by atoms with Gasteiger partial charge in [-0.1, -0.05) is 0 Å². The summed E-state index contributed by atoms with van der Waals surface area (Å²) in [4.78, 5) is 3.45. The lowest BCUT2D eigenvalue weighted by Gasteiger charge is -2.54. The molecule has 3 nitrogen and oxygen atoms in total. The fourth-order valence-electron chi connectivity index (χ4n) is 3.29. The Morgan fingerprint density at radius 2 is 2.10 bits per heavy atom. The summed E-state index contributed by atoms with van der Waals surface area (Å²) < 4.78 is 37.7. The molecule has 1 saturated heterocycles. The highest BCUT2D eigenvalue weighted by atomic mass is 19.4. The molecular weight excluding hydrogens is 267 g/mol. The van der Waals surface area contributed by atoms with Gasteiger partial charge in [0.15, 0.2) is 0 Å². The Balaban J connectivity index is 1.72. The van der Waals surface area contributed by atoms with Gasteiger partial charge in [0, 0.05) is 19.3 Å². The van der Waals surface area contributed by atoms with Crippen molar-refractivity contribution in [2.45, 2.75) is 25.4 Å². The summed E-state index contributed by atoms with van der Waals surface area (Å²) in [6.07, 6.45) is -0.457. The Hall–Kier alpha value is -1.61. The van der Waals surface area contributed by atoms with Gasteiger partial charge in [-0.15, -0.1) is 0 Å². The van der Waals surface area contributed by atoms with Crippen LogP contribution in [0, 0.1) is 22.7 Å². The lowest BCUT2D eigenvalue weighted by atomic mass is 9.57. The van der Waals surface area contributed by atoms with Crippen molar-refractivity contribution in [3.8, 4) is 6.07 Å². The summed E-state index contributed by atoms with van der Waals surface area (Å²) in [6.45, 7) is 2.08. The number of halogens is 3. The predicted octanol–water partition coefficient (Wildman–Crippen LogP) is 2.51. The number of nitriles is 1. The van der Waals surface area contributed by atoms with Gasteiger partial charge in [-0.2, -0.15) is 18.4 Å². The molecule has 1 spiro atoms. The highest BCUT2D eigenvalue weighted by molar-refractivity contribution is 5.38. The van der Waals surface area contributed by atoms with Crippen molar-refractivity contribution in [1.82, 2.24) is 10.3 Å². The van der Waals surface area contributed by atoms with Crippen LogP contribution in [0.4, 0.5) is 13.2 Å². The summed E-state index contributed by atoms with van der Waals surface area (Å²) >= 11 is 0. The molecule has 0 atom stereocenters. The normalized spacial score (nSPS) is 21.1. The van der Waals surface area contributed by atoms with Gasteiger partial charge < -0.3 is 5.32 Å². The molecule has 3 rings (SSSR count). The second kappa shape index (κ2) is 4.45. The van der Waals surface area contributed by atoms with Gasteiger partial charge in [0.25, 0.3) is 0 Å². The number of aromatic nitrogens is 1. The molecule has 0 unspecified atom stereocenters. The summed E-state index contributed by atoms with van der Waals surface area (Å²) in [7, 11) is 0. The van der Waals surface area contributed by atoms with E-state index in [0.717, 1.165) is 32.0 Å². The topological polar surface area (TPSA) is 48.7 Å². The number of nitrogens with zero attached hydrogens (tertiary/aromatic N) is 2. The van der Waals surface area contributed by atoms with Crippen molar-refractivity contribution in [2.75, 3.05) is 13.1 Å². The molecule has 6 heteroatoms. The van der Waals surface area contributed by atoms with Crippen LogP contribution in [0.5, 0.6) is 0 Å². The van der Waals surface area contributed by atoms with Gasteiger partial charge in [0.05, 0.1) is 11.6 Å². The monoisotopic (exact) mass is 281 g/mol. The number of nitrogens with one attached hydrogen (secondary N) is 1. The van der Waals surface area contributed by atoms with Crippen LogP contribution in [-0.4, -0.2) is 18.1 Å². The molecule has 20 heavy (non-hydrogen) atoms. The quantitative estimate of drug-likeness (QED) is 0.906. The van der Waals surface area contributed by atoms with E-state index in [1.54, 1.807) is 0 Å². The smallest absolute Gasteiger partial charge is 0.316 e. The zero-order valence-electron chi connectivity index (χ0n) is 10.8. The van der Waals surface area contributed by atoms with E-state index in [0.29, 0.717) is 23.3 Å². The molecule has 2 heterocycles. The van der Waals surface area contributed by atoms with Crippen molar-refractivity contribution in [1.29, 1.82) is 5.26 Å². The van der Waals surface area contributed by atoms with E-state index in [4.69, 9.17) is 5.26 Å². The lowest BCUT2D eigenvalue weighted by molar-refractivity contribution is -0.141. The van der Waals surface area contributed by atoms with Crippen LogP contribution < -0.4 is 5.32 Å². The van der Waals surface area contributed by atoms with Gasteiger partial charge in [0.2, 0.25) is 0 Å². The number of pyridine rings is 1. The fourth-order valence-corrected chi connectivity index (χ4v) is 3.29. The minimum absolute atomic E-state index is 0.0972. The van der Waals surface area contributed by atoms with Gasteiger partial charge in [-0.25, -0.2) is 0 Å². The molecule has 0 bridgehead atoms. The van der Waals surface area contributed by atoms with E-state index in [2.05, 4.69) is 10.3 Å². The van der Waals surface area contributed by atoms with Crippen LogP contribution >= 0.6 is 0 Å². The van der Waals surface area contributed by atoms with E-state index >= 15 is 0 Å². The van der Waals surface area contributed by atoms with Gasteiger partial charge in [-0.05, 0) is 42.2 Å². The molecule has 1 aliphatic carbocycles. The predicted molar refractivity (Wildman–Crippen MR) is 65.7 cm³/mol. The number of alkyl halides is 3. The van der Waals surface area contributed by atoms with Gasteiger partial charge >= 0.3 is 6.18 Å². The third-order valence-electron chi connectivity index (χ3n) is 4.35. The van der Waals surface area contributed by atoms with Gasteiger partial charge in [0.1, 0.15) is 5.69 Å². The maximum Gasteiger partial charge on any atom is 0.433 e. The molecule has 0 aromatic carbocycles. The fraction of sp³-hybridized carbons (Fsp3) is 0.571. The summed E-state index contributed by atoms with van der Waals surface area (Å²) in [5.74, 6) is 0.461. The molecule has 2 aliphatic rings. The van der Waals surface area contributed by atoms with E-state index in [-0.39, 0.29) is 5.56 Å². The number of rotatable bonds is 2. The first-order valence-corrected chi connectivity index (χ1v) is 6.59. The first kappa shape index (κ1) is 13.4. The summed E-state index contributed by atoms with van der Waals surface area (Å²) in [5, 5.41) is 12.3. The molecule has 2 fully saturated rings. The Kier molecular flexibility index (Phi) is 2.98. The second-order valence-electron chi connectivity index (χ2n) is 5.92. The Labute approximate surface area is 114 Å². The van der Waals surface area contributed by atoms with E-state index in [9.17, 15) is 13.2 Å². The van der Waals surface area contributed by atoms with Crippen molar-refractivity contribution in [2.24, 2.45) is 11.3 Å². The molecule has 1 aromatic heterocycles. The molecule has 1 saturated carbocycles. The van der Waals surface area contributed by atoms with Crippen LogP contribution in [0.25, 0.3) is 0 Å². The molecule has 106 valence electrons. The maximum atomic E-state index is 12.6. The van der Waals surface area contributed by atoms with Gasteiger partial charge in [-0.3, -0.25) is 4.98 Å². The number of hydrogen-bond donors (Lipinski definition) is 1. The minimum atomic E-state index is -4.50. The van der Waals surface area contributed by atoms with Crippen molar-refractivity contribution in [3.63, 3.8) is 0 Å². The van der Waals surface area contributed by atoms with E-state index < -0.39 is 11.9 Å². The van der Waals surface area contributed by atoms with Crippen LogP contribution in [0.1, 0.15) is 29.7 Å². The Bertz CT molecular complexity index is 562. The molecule has 0 radical (unpaired) electrons. The van der Waals surface area contributed by atoms with Crippen molar-refractivity contribution >= 4 is 0 Å². The SMILES string of the molecule is N#Cc1cc(C(F)(F)F)ncc1CC1CC2(CNC2)C1. The van der Waals surface area contributed by atoms with E-state index in [1.807, 2.05) is 6.07 Å². The van der Waals surface area contributed by atoms with Crippen molar-refractivity contribution < 1.29 is 13.2 Å². The van der Waals surface area contributed by atoms with Crippen LogP contribution in [0.2, 0.25) is 0 Å². The average Bonchev–Trinajstić information content (AvgIpc) is 2.29. The summed E-state index contributed by atoms with van der Waals surface area (Å²) in [5.41, 5.74) is 0.162. The molecular formula is C14H14F3N3. The number of hydrogen-bond acceptors (Lipinski definition) is 3. The average molecular weight is 281 g/mol. The van der Waals surface area contributed by atoms with Crippen LogP contribution in [-0.2, 0) is 12.6 Å². The molecule has 1 aromatic rings. The lowest BCUT2D eigenvalue weighted by Crippen LogP contribution is -2.60. The highest BCUT2D eigenvalue weighted by Crippen LogP contribution is 2.49. The third kappa shape index (κ3) is 2.27. The third-order valence-corrected chi connectivity index (χ3v) is 4.35. The van der Waals surface area contributed by atoms with Crippen molar-refractivity contribution in [3.05, 3.63) is 29.1 Å². The maximum absolute atomic E-state index is 12.6. The molecule has 1 N–H and O–H groups in total. The van der Waals surface area contributed by atoms with Crippen LogP contribution in [0.3, 0.4) is 0 Å². The minimum Gasteiger partial charge on any atom is -0.316 e. The zero-order valence-corrected chi connectivity index (χ0v) is 10.8. The Morgan fingerprint density at radius 3 is 2.60 bits per heavy atom. The standard InChI is InChI=1S/C14H14F3N3/c15-14(16,17)12-2-10(5-18)11(6-20-12)1-9-3-13(4-9)7-19-8-13/h2,6,9,19H,1,3-4,7-8H2. The first-order valence-electron chi connectivity index (χ1n) is 6.59. The largest absolute Gasteiger partial charge is 0.433 e. The zero-order chi connectivity index (χ0) is 14.4. The summed E-state index contributed by atoms with van der Waals surface area (Å²) in [6, 6.07) is 2.71. The molecule has 0 amide bonds. The Morgan fingerprint density at radius 1 is 1.40 bits per heavy atom. The van der Waals surface area contributed by atoms with E-state index in [1.165, 1.54) is 6.20 Å². The molecule has 1 aliphatic heterocycles. The second-order valence-corrected chi connectivity index (χ2v) is 5.92. The highest BCUT2D eigenvalue weighted by Gasteiger charge is 2.48. The van der Waals surface area contributed by atoms with Crippen LogP contribution in [0.15, 0.2) is 12.3 Å². The first-order chi connectivity index (χ1) is 9.42.